The van der Waals surface area contributed by atoms with Crippen LogP contribution in [0, 0.1) is 0 Å². The molecule has 0 fully saturated rings. The van der Waals surface area contributed by atoms with E-state index in [1.807, 2.05) is 36.4 Å². The smallest absolute Gasteiger partial charge is 0.171 e. The van der Waals surface area contributed by atoms with E-state index in [4.69, 9.17) is 9.47 Å². The molecule has 4 heterocycles. The summed E-state index contributed by atoms with van der Waals surface area (Å²) in [5.74, 6) is 1.96. The number of pyridine rings is 1. The summed E-state index contributed by atoms with van der Waals surface area (Å²) >= 11 is 1.54. The van der Waals surface area contributed by atoms with Gasteiger partial charge in [-0.25, -0.2) is 0 Å². The van der Waals surface area contributed by atoms with Gasteiger partial charge in [0.15, 0.2) is 17.3 Å². The highest BCUT2D eigenvalue weighted by atomic mass is 32.1. The summed E-state index contributed by atoms with van der Waals surface area (Å²) in [5.41, 5.74) is 2.51. The summed E-state index contributed by atoms with van der Waals surface area (Å²) in [7, 11) is 0. The van der Waals surface area contributed by atoms with Gasteiger partial charge in [0, 0.05) is 22.8 Å². The van der Waals surface area contributed by atoms with E-state index in [-0.39, 0.29) is 0 Å². The highest BCUT2D eigenvalue weighted by Crippen LogP contribution is 2.42. The Bertz CT molecular complexity index is 1100. The Morgan fingerprint density at radius 2 is 1.86 bits per heavy atom. The SMILES string of the molecule is OC(c1ccc2c(c1)OCCO2)c1cc(-c2ccncc2)sc1-c1nnc[nH]1. The molecule has 1 aliphatic heterocycles. The van der Waals surface area contributed by atoms with Crippen molar-refractivity contribution < 1.29 is 14.6 Å². The first-order chi connectivity index (χ1) is 13.8. The maximum absolute atomic E-state index is 11.2. The van der Waals surface area contributed by atoms with Crippen LogP contribution >= 0.6 is 11.3 Å². The van der Waals surface area contributed by atoms with Crippen molar-refractivity contribution in [1.82, 2.24) is 20.2 Å². The van der Waals surface area contributed by atoms with Gasteiger partial charge in [-0.15, -0.1) is 21.5 Å². The largest absolute Gasteiger partial charge is 0.486 e. The molecular formula is C20H16N4O3S. The molecule has 0 amide bonds. The van der Waals surface area contributed by atoms with Crippen LogP contribution in [0.2, 0.25) is 0 Å². The average molecular weight is 392 g/mol. The Morgan fingerprint density at radius 1 is 1.04 bits per heavy atom. The third kappa shape index (κ3) is 3.02. The van der Waals surface area contributed by atoms with Crippen molar-refractivity contribution in [2.75, 3.05) is 13.2 Å². The molecule has 28 heavy (non-hydrogen) atoms. The summed E-state index contributed by atoms with van der Waals surface area (Å²) in [6.07, 6.45) is 4.18. The van der Waals surface area contributed by atoms with Gasteiger partial charge in [-0.2, -0.15) is 0 Å². The van der Waals surface area contributed by atoms with Crippen molar-refractivity contribution in [3.05, 3.63) is 66.2 Å². The highest BCUT2D eigenvalue weighted by molar-refractivity contribution is 7.19. The van der Waals surface area contributed by atoms with Crippen molar-refractivity contribution >= 4 is 11.3 Å². The van der Waals surface area contributed by atoms with Gasteiger partial charge in [0.25, 0.3) is 0 Å². The number of H-pyrrole nitrogens is 1. The van der Waals surface area contributed by atoms with E-state index in [2.05, 4.69) is 20.2 Å². The van der Waals surface area contributed by atoms with E-state index in [0.29, 0.717) is 30.5 Å². The number of fused-ring (bicyclic) bond motifs is 1. The van der Waals surface area contributed by atoms with Crippen LogP contribution in [0.3, 0.4) is 0 Å². The summed E-state index contributed by atoms with van der Waals surface area (Å²) in [6.45, 7) is 1.03. The van der Waals surface area contributed by atoms with E-state index in [9.17, 15) is 5.11 Å². The Labute approximate surface area is 164 Å². The molecule has 1 unspecified atom stereocenters. The molecule has 0 aliphatic carbocycles. The molecule has 2 N–H and O–H groups in total. The fourth-order valence-electron chi connectivity index (χ4n) is 3.18. The van der Waals surface area contributed by atoms with Crippen LogP contribution in [-0.2, 0) is 0 Å². The molecule has 0 saturated carbocycles. The Hall–Kier alpha value is -3.23. The van der Waals surface area contributed by atoms with Crippen molar-refractivity contribution in [1.29, 1.82) is 0 Å². The predicted molar refractivity (Wildman–Crippen MR) is 104 cm³/mol. The van der Waals surface area contributed by atoms with Gasteiger partial charge in [0.05, 0.1) is 4.88 Å². The maximum Gasteiger partial charge on any atom is 0.171 e. The van der Waals surface area contributed by atoms with E-state index in [1.54, 1.807) is 23.7 Å². The zero-order chi connectivity index (χ0) is 18.9. The van der Waals surface area contributed by atoms with E-state index in [1.165, 1.54) is 6.33 Å². The molecule has 0 bridgehead atoms. The fraction of sp³-hybridized carbons (Fsp3) is 0.150. The Morgan fingerprint density at radius 3 is 2.64 bits per heavy atom. The Balaban J connectivity index is 1.59. The number of aliphatic hydroxyl groups is 1. The number of thiophene rings is 1. The minimum atomic E-state index is -0.845. The average Bonchev–Trinajstić information content (AvgIpc) is 3.43. The monoisotopic (exact) mass is 392 g/mol. The molecular weight excluding hydrogens is 376 g/mol. The minimum absolute atomic E-state index is 0.501. The van der Waals surface area contributed by atoms with Crippen LogP contribution in [-0.4, -0.2) is 38.5 Å². The highest BCUT2D eigenvalue weighted by Gasteiger charge is 2.23. The number of aliphatic hydroxyl groups excluding tert-OH is 1. The zero-order valence-electron chi connectivity index (χ0n) is 14.7. The lowest BCUT2D eigenvalue weighted by Gasteiger charge is -2.20. The first-order valence-electron chi connectivity index (χ1n) is 8.78. The molecule has 1 atom stereocenters. The van der Waals surface area contributed by atoms with Crippen LogP contribution in [0.4, 0.5) is 0 Å². The summed E-state index contributed by atoms with van der Waals surface area (Å²) in [4.78, 5) is 8.96. The summed E-state index contributed by atoms with van der Waals surface area (Å²) in [6, 6.07) is 11.4. The molecule has 8 heteroatoms. The third-order valence-electron chi connectivity index (χ3n) is 4.53. The van der Waals surface area contributed by atoms with Crippen LogP contribution in [0.5, 0.6) is 11.5 Å². The number of hydrogen-bond donors (Lipinski definition) is 2. The first kappa shape index (κ1) is 16.9. The fourth-order valence-corrected chi connectivity index (χ4v) is 4.32. The minimum Gasteiger partial charge on any atom is -0.486 e. The number of aromatic amines is 1. The van der Waals surface area contributed by atoms with E-state index < -0.39 is 6.10 Å². The van der Waals surface area contributed by atoms with Gasteiger partial charge >= 0.3 is 0 Å². The number of hydrogen-bond acceptors (Lipinski definition) is 7. The van der Waals surface area contributed by atoms with Crippen molar-refractivity contribution in [2.45, 2.75) is 6.10 Å². The second-order valence-electron chi connectivity index (χ2n) is 6.27. The lowest BCUT2D eigenvalue weighted by molar-refractivity contribution is 0.169. The predicted octanol–water partition coefficient (Wildman–Crippen LogP) is 3.45. The summed E-state index contributed by atoms with van der Waals surface area (Å²) < 4.78 is 11.2. The lowest BCUT2D eigenvalue weighted by Crippen LogP contribution is -2.15. The lowest BCUT2D eigenvalue weighted by atomic mass is 10.00. The number of benzene rings is 1. The molecule has 0 radical (unpaired) electrons. The van der Waals surface area contributed by atoms with Gasteiger partial charge < -0.3 is 19.6 Å². The summed E-state index contributed by atoms with van der Waals surface area (Å²) in [5, 5.41) is 19.2. The maximum atomic E-state index is 11.2. The van der Waals surface area contributed by atoms with Gasteiger partial charge in [0.2, 0.25) is 0 Å². The molecule has 1 aromatic carbocycles. The van der Waals surface area contributed by atoms with Crippen LogP contribution in [0.25, 0.3) is 21.1 Å². The number of nitrogens with one attached hydrogen (secondary N) is 1. The number of aromatic nitrogens is 4. The topological polar surface area (TPSA) is 93.2 Å². The molecule has 140 valence electrons. The molecule has 0 saturated heterocycles. The van der Waals surface area contributed by atoms with Gasteiger partial charge in [0.1, 0.15) is 25.6 Å². The van der Waals surface area contributed by atoms with Gasteiger partial charge in [-0.3, -0.25) is 4.98 Å². The molecule has 0 spiro atoms. The van der Waals surface area contributed by atoms with E-state index in [0.717, 1.165) is 26.4 Å². The van der Waals surface area contributed by atoms with Crippen LogP contribution in [0.1, 0.15) is 17.2 Å². The Kier molecular flexibility index (Phi) is 4.27. The number of rotatable bonds is 4. The number of ether oxygens (including phenoxy) is 2. The van der Waals surface area contributed by atoms with Crippen LogP contribution < -0.4 is 9.47 Å². The molecule has 3 aromatic heterocycles. The quantitative estimate of drug-likeness (QED) is 0.553. The molecule has 5 rings (SSSR count). The normalized spacial score (nSPS) is 14.0. The third-order valence-corrected chi connectivity index (χ3v) is 5.74. The molecule has 7 nitrogen and oxygen atoms in total. The van der Waals surface area contributed by atoms with Crippen molar-refractivity contribution in [2.24, 2.45) is 0 Å². The molecule has 4 aromatic rings. The van der Waals surface area contributed by atoms with Crippen molar-refractivity contribution in [3.8, 4) is 32.6 Å². The first-order valence-corrected chi connectivity index (χ1v) is 9.59. The van der Waals surface area contributed by atoms with Gasteiger partial charge in [-0.05, 0) is 41.5 Å². The standard InChI is InChI=1S/C20H16N4O3S/c25-18(13-1-2-15-16(9-13)27-8-7-26-15)14-10-17(12-3-5-21-6-4-12)28-19(14)20-22-11-23-24-20/h1-6,9-11,18,25H,7-8H2,(H,22,23,24). The van der Waals surface area contributed by atoms with Crippen LogP contribution in [0.15, 0.2) is 55.1 Å². The van der Waals surface area contributed by atoms with E-state index >= 15 is 0 Å². The second-order valence-corrected chi connectivity index (χ2v) is 7.33. The number of nitrogens with zero attached hydrogens (tertiary/aromatic N) is 3. The molecule has 1 aliphatic rings. The van der Waals surface area contributed by atoms with Gasteiger partial charge in [-0.1, -0.05) is 6.07 Å². The zero-order valence-corrected chi connectivity index (χ0v) is 15.5. The van der Waals surface area contributed by atoms with Crippen molar-refractivity contribution in [3.63, 3.8) is 0 Å². The second kappa shape index (κ2) is 7.06.